The first kappa shape index (κ1) is 11.0. The quantitative estimate of drug-likeness (QED) is 0.779. The Morgan fingerprint density at radius 2 is 2.13 bits per heavy atom. The number of carbonyl (C=O) groups is 1. The summed E-state index contributed by atoms with van der Waals surface area (Å²) in [6.07, 6.45) is 3.62. The van der Waals surface area contributed by atoms with E-state index in [1.807, 2.05) is 24.3 Å². The minimum atomic E-state index is 0.394. The molecular weight excluding hydrogens is 228 g/mol. The second-order valence-corrected chi connectivity index (χ2v) is 5.55. The van der Waals surface area contributed by atoms with Crippen LogP contribution in [-0.4, -0.2) is 11.0 Å². The number of benzene rings is 1. The molecule has 3 heteroatoms. The predicted molar refractivity (Wildman–Crippen MR) is 64.6 cm³/mol. The van der Waals surface area contributed by atoms with Crippen LogP contribution in [0.1, 0.15) is 25.7 Å². The number of hydrogen-bond donors (Lipinski definition) is 0. The first-order valence-corrected chi connectivity index (χ1v) is 6.44. The number of ketones is 1. The van der Waals surface area contributed by atoms with Gasteiger partial charge in [-0.25, -0.2) is 0 Å². The average Bonchev–Trinajstić information content (AvgIpc) is 2.22. The highest BCUT2D eigenvalue weighted by Crippen LogP contribution is 2.35. The van der Waals surface area contributed by atoms with E-state index < -0.39 is 0 Å². The molecular formula is C12H13ClOS. The molecule has 0 N–H and O–H groups in total. The van der Waals surface area contributed by atoms with Crippen molar-refractivity contribution in [2.45, 2.75) is 35.8 Å². The van der Waals surface area contributed by atoms with Gasteiger partial charge in [0.15, 0.2) is 0 Å². The van der Waals surface area contributed by atoms with Crippen molar-refractivity contribution in [3.8, 4) is 0 Å². The molecule has 1 aliphatic rings. The maximum absolute atomic E-state index is 11.3. The number of rotatable bonds is 2. The SMILES string of the molecule is O=C1CCCC(Sc2ccccc2Cl)C1. The highest BCUT2D eigenvalue weighted by Gasteiger charge is 2.20. The molecule has 0 spiro atoms. The van der Waals surface area contributed by atoms with Gasteiger partial charge in [0.1, 0.15) is 5.78 Å². The average molecular weight is 241 g/mol. The van der Waals surface area contributed by atoms with Crippen molar-refractivity contribution in [2.75, 3.05) is 0 Å². The van der Waals surface area contributed by atoms with E-state index in [0.29, 0.717) is 17.5 Å². The molecule has 1 aliphatic carbocycles. The minimum absolute atomic E-state index is 0.394. The zero-order chi connectivity index (χ0) is 10.7. The standard InChI is InChI=1S/C12H13ClOS/c13-11-6-1-2-7-12(11)15-10-5-3-4-9(14)8-10/h1-2,6-7,10H,3-5,8H2. The van der Waals surface area contributed by atoms with Crippen molar-refractivity contribution in [1.29, 1.82) is 0 Å². The lowest BCUT2D eigenvalue weighted by Gasteiger charge is -2.20. The van der Waals surface area contributed by atoms with Crippen LogP contribution in [0.2, 0.25) is 5.02 Å². The molecule has 1 aromatic carbocycles. The van der Waals surface area contributed by atoms with Crippen molar-refractivity contribution < 1.29 is 4.79 Å². The Labute approximate surface area is 99.2 Å². The second kappa shape index (κ2) is 5.04. The van der Waals surface area contributed by atoms with Gasteiger partial charge in [-0.2, -0.15) is 0 Å². The van der Waals surface area contributed by atoms with Gasteiger partial charge in [0.2, 0.25) is 0 Å². The van der Waals surface area contributed by atoms with Crippen LogP contribution in [0.3, 0.4) is 0 Å². The van der Waals surface area contributed by atoms with Crippen LogP contribution in [0, 0.1) is 0 Å². The van der Waals surface area contributed by atoms with Gasteiger partial charge in [0.05, 0.1) is 5.02 Å². The summed E-state index contributed by atoms with van der Waals surface area (Å²) in [4.78, 5) is 12.4. The summed E-state index contributed by atoms with van der Waals surface area (Å²) in [5, 5.41) is 1.21. The third kappa shape index (κ3) is 2.99. The number of hydrogen-bond acceptors (Lipinski definition) is 2. The summed E-state index contributed by atoms with van der Waals surface area (Å²) in [5.41, 5.74) is 0. The van der Waals surface area contributed by atoms with Gasteiger partial charge in [0.25, 0.3) is 0 Å². The third-order valence-electron chi connectivity index (χ3n) is 2.57. The van der Waals surface area contributed by atoms with Gasteiger partial charge in [-0.3, -0.25) is 4.79 Å². The van der Waals surface area contributed by atoms with Gasteiger partial charge in [-0.15, -0.1) is 11.8 Å². The smallest absolute Gasteiger partial charge is 0.134 e. The number of thioether (sulfide) groups is 1. The number of carbonyl (C=O) groups excluding carboxylic acids is 1. The van der Waals surface area contributed by atoms with Crippen LogP contribution in [0.25, 0.3) is 0 Å². The molecule has 80 valence electrons. The van der Waals surface area contributed by atoms with Crippen molar-refractivity contribution >= 4 is 29.1 Å². The Bertz CT molecular complexity index is 364. The molecule has 1 unspecified atom stereocenters. The predicted octanol–water partition coefficient (Wildman–Crippen LogP) is 3.94. The molecule has 0 heterocycles. The fraction of sp³-hybridized carbons (Fsp3) is 0.417. The van der Waals surface area contributed by atoms with E-state index in [0.717, 1.165) is 29.2 Å². The molecule has 15 heavy (non-hydrogen) atoms. The minimum Gasteiger partial charge on any atom is -0.300 e. The van der Waals surface area contributed by atoms with Crippen LogP contribution in [-0.2, 0) is 4.79 Å². The van der Waals surface area contributed by atoms with E-state index in [-0.39, 0.29) is 0 Å². The fourth-order valence-corrected chi connectivity index (χ4v) is 3.33. The highest BCUT2D eigenvalue weighted by molar-refractivity contribution is 8.00. The van der Waals surface area contributed by atoms with Gasteiger partial charge < -0.3 is 0 Å². The molecule has 1 fully saturated rings. The Balaban J connectivity index is 2.02. The van der Waals surface area contributed by atoms with Crippen LogP contribution in [0.4, 0.5) is 0 Å². The maximum Gasteiger partial charge on any atom is 0.134 e. The van der Waals surface area contributed by atoms with E-state index >= 15 is 0 Å². The van der Waals surface area contributed by atoms with E-state index in [4.69, 9.17) is 11.6 Å². The lowest BCUT2D eigenvalue weighted by Crippen LogP contribution is -2.16. The Kier molecular flexibility index (Phi) is 3.71. The van der Waals surface area contributed by atoms with Gasteiger partial charge >= 0.3 is 0 Å². The van der Waals surface area contributed by atoms with Gasteiger partial charge in [0, 0.05) is 23.0 Å². The molecule has 1 saturated carbocycles. The summed E-state index contributed by atoms with van der Waals surface area (Å²) < 4.78 is 0. The van der Waals surface area contributed by atoms with Gasteiger partial charge in [-0.1, -0.05) is 23.7 Å². The van der Waals surface area contributed by atoms with E-state index in [9.17, 15) is 4.79 Å². The molecule has 0 saturated heterocycles. The molecule has 1 aromatic rings. The summed E-state index contributed by atoms with van der Waals surface area (Å²) >= 11 is 7.82. The lowest BCUT2D eigenvalue weighted by molar-refractivity contribution is -0.120. The third-order valence-corrected chi connectivity index (χ3v) is 4.35. The van der Waals surface area contributed by atoms with Crippen LogP contribution in [0.15, 0.2) is 29.2 Å². The molecule has 0 aliphatic heterocycles. The molecule has 0 amide bonds. The van der Waals surface area contributed by atoms with Crippen molar-refractivity contribution in [3.05, 3.63) is 29.3 Å². The summed E-state index contributed by atoms with van der Waals surface area (Å²) in [6.45, 7) is 0. The van der Waals surface area contributed by atoms with E-state index in [1.165, 1.54) is 0 Å². The number of halogens is 1. The molecule has 1 nitrogen and oxygen atoms in total. The summed E-state index contributed by atoms with van der Waals surface area (Å²) in [5.74, 6) is 0.394. The van der Waals surface area contributed by atoms with Crippen molar-refractivity contribution in [3.63, 3.8) is 0 Å². The first-order valence-electron chi connectivity index (χ1n) is 5.18. The topological polar surface area (TPSA) is 17.1 Å². The van der Waals surface area contributed by atoms with Gasteiger partial charge in [-0.05, 0) is 25.0 Å². The summed E-state index contributed by atoms with van der Waals surface area (Å²) in [7, 11) is 0. The molecule has 1 atom stereocenters. The highest BCUT2D eigenvalue weighted by atomic mass is 35.5. The summed E-state index contributed by atoms with van der Waals surface area (Å²) in [6, 6.07) is 7.83. The second-order valence-electron chi connectivity index (χ2n) is 3.81. The lowest BCUT2D eigenvalue weighted by atomic mass is 9.99. The first-order chi connectivity index (χ1) is 7.25. The van der Waals surface area contributed by atoms with Crippen LogP contribution in [0.5, 0.6) is 0 Å². The number of Topliss-reactive ketones (excluding diaryl/α,β-unsaturated/α-hetero) is 1. The van der Waals surface area contributed by atoms with Crippen molar-refractivity contribution in [1.82, 2.24) is 0 Å². The maximum atomic E-state index is 11.3. The van der Waals surface area contributed by atoms with E-state index in [1.54, 1.807) is 11.8 Å². The molecule has 2 rings (SSSR count). The zero-order valence-electron chi connectivity index (χ0n) is 8.41. The van der Waals surface area contributed by atoms with Crippen LogP contribution >= 0.6 is 23.4 Å². The molecule has 0 radical (unpaired) electrons. The van der Waals surface area contributed by atoms with E-state index in [2.05, 4.69) is 0 Å². The van der Waals surface area contributed by atoms with Crippen LogP contribution < -0.4 is 0 Å². The molecule has 0 aromatic heterocycles. The Morgan fingerprint density at radius 3 is 2.87 bits per heavy atom. The fourth-order valence-electron chi connectivity index (χ4n) is 1.81. The zero-order valence-corrected chi connectivity index (χ0v) is 9.98. The van der Waals surface area contributed by atoms with Crippen molar-refractivity contribution in [2.24, 2.45) is 0 Å². The Morgan fingerprint density at radius 1 is 1.33 bits per heavy atom. The monoisotopic (exact) mass is 240 g/mol. The molecule has 0 bridgehead atoms. The Hall–Kier alpha value is -0.470. The largest absolute Gasteiger partial charge is 0.300 e. The normalized spacial score (nSPS) is 21.7.